The van der Waals surface area contributed by atoms with Gasteiger partial charge >= 0.3 is 0 Å². The lowest BCUT2D eigenvalue weighted by Crippen LogP contribution is -2.09. The highest BCUT2D eigenvalue weighted by Crippen LogP contribution is 2.34. The van der Waals surface area contributed by atoms with E-state index >= 15 is 0 Å². The molecule has 0 unspecified atom stereocenters. The minimum absolute atomic E-state index is 0.924. The maximum Gasteiger partial charge on any atom is 0.0461 e. The van der Waals surface area contributed by atoms with Gasteiger partial charge in [0.15, 0.2) is 0 Å². The molecule has 0 saturated heterocycles. The molecular formula is C28H25N. The molecule has 1 heteroatoms. The molecule has 4 aromatic carbocycles. The number of rotatable bonds is 6. The van der Waals surface area contributed by atoms with Crippen molar-refractivity contribution < 1.29 is 0 Å². The molecule has 29 heavy (non-hydrogen) atoms. The average Bonchev–Trinajstić information content (AvgIpc) is 2.78. The molecule has 0 radical (unpaired) electrons. The van der Waals surface area contributed by atoms with Gasteiger partial charge in [0.1, 0.15) is 0 Å². The van der Waals surface area contributed by atoms with E-state index in [9.17, 15) is 0 Å². The quantitative estimate of drug-likeness (QED) is 0.334. The van der Waals surface area contributed by atoms with E-state index in [0.717, 1.165) is 29.0 Å². The number of para-hydroxylation sites is 1. The number of hydrogen-bond donors (Lipinski definition) is 0. The first-order chi connectivity index (χ1) is 14.2. The zero-order chi connectivity index (χ0) is 20.1. The Morgan fingerprint density at radius 3 is 1.66 bits per heavy atom. The van der Waals surface area contributed by atoms with Crippen LogP contribution < -0.4 is 4.90 Å². The van der Waals surface area contributed by atoms with E-state index in [1.54, 1.807) is 0 Å². The van der Waals surface area contributed by atoms with Crippen molar-refractivity contribution in [2.45, 2.75) is 13.3 Å². The van der Waals surface area contributed by atoms with Gasteiger partial charge in [-0.05, 0) is 66.4 Å². The number of benzene rings is 4. The Morgan fingerprint density at radius 2 is 1.10 bits per heavy atom. The lowest BCUT2D eigenvalue weighted by atomic mass is 10.0. The molecule has 1 nitrogen and oxygen atoms in total. The molecule has 0 aliphatic heterocycles. The van der Waals surface area contributed by atoms with Crippen LogP contribution >= 0.6 is 0 Å². The predicted octanol–water partition coefficient (Wildman–Crippen LogP) is 7.70. The number of nitrogens with zero attached hydrogens (tertiary/aromatic N) is 1. The van der Waals surface area contributed by atoms with Gasteiger partial charge in [0.2, 0.25) is 0 Å². The Kier molecular flexibility index (Phi) is 5.58. The lowest BCUT2D eigenvalue weighted by molar-refractivity contribution is 1.18. The summed E-state index contributed by atoms with van der Waals surface area (Å²) in [6.07, 6.45) is 2.80. The van der Waals surface area contributed by atoms with Gasteiger partial charge in [0.25, 0.3) is 0 Å². The number of aryl methyl sites for hydroxylation is 1. The van der Waals surface area contributed by atoms with Crippen molar-refractivity contribution in [1.82, 2.24) is 0 Å². The Labute approximate surface area is 173 Å². The second kappa shape index (κ2) is 8.62. The Morgan fingerprint density at radius 1 is 0.621 bits per heavy atom. The minimum Gasteiger partial charge on any atom is -0.311 e. The van der Waals surface area contributed by atoms with E-state index in [2.05, 4.69) is 122 Å². The van der Waals surface area contributed by atoms with Crippen LogP contribution in [-0.2, 0) is 6.42 Å². The first-order valence-electron chi connectivity index (χ1n) is 9.95. The van der Waals surface area contributed by atoms with Crippen molar-refractivity contribution in [3.05, 3.63) is 132 Å². The van der Waals surface area contributed by atoms with E-state index in [1.165, 1.54) is 16.7 Å². The summed E-state index contributed by atoms with van der Waals surface area (Å²) in [5.41, 5.74) is 8.50. The van der Waals surface area contributed by atoms with Crippen molar-refractivity contribution in [3.63, 3.8) is 0 Å². The van der Waals surface area contributed by atoms with Crippen LogP contribution in [0.4, 0.5) is 17.1 Å². The highest BCUT2D eigenvalue weighted by Gasteiger charge is 2.12. The highest BCUT2D eigenvalue weighted by molar-refractivity contribution is 5.76. The third-order valence-corrected chi connectivity index (χ3v) is 5.12. The Bertz CT molecular complexity index is 1060. The van der Waals surface area contributed by atoms with Crippen molar-refractivity contribution in [2.24, 2.45) is 0 Å². The molecule has 4 rings (SSSR count). The molecule has 0 saturated carbocycles. The van der Waals surface area contributed by atoms with Crippen LogP contribution in [0.2, 0.25) is 0 Å². The highest BCUT2D eigenvalue weighted by atomic mass is 15.1. The second-order valence-corrected chi connectivity index (χ2v) is 7.30. The third-order valence-electron chi connectivity index (χ3n) is 5.12. The van der Waals surface area contributed by atoms with Gasteiger partial charge in [-0.3, -0.25) is 0 Å². The van der Waals surface area contributed by atoms with Crippen LogP contribution in [0.5, 0.6) is 0 Å². The van der Waals surface area contributed by atoms with Gasteiger partial charge in [-0.1, -0.05) is 84.9 Å². The van der Waals surface area contributed by atoms with Crippen LogP contribution in [-0.4, -0.2) is 0 Å². The second-order valence-electron chi connectivity index (χ2n) is 7.30. The molecule has 4 aromatic rings. The van der Waals surface area contributed by atoms with Gasteiger partial charge in [0, 0.05) is 17.1 Å². The molecule has 0 fully saturated rings. The lowest BCUT2D eigenvalue weighted by Gasteiger charge is -2.25. The summed E-state index contributed by atoms with van der Waals surface area (Å²) < 4.78 is 0. The predicted molar refractivity (Wildman–Crippen MR) is 125 cm³/mol. The molecule has 0 amide bonds. The molecule has 0 N–H and O–H groups in total. The standard InChI is InChI=1S/C28H25N/c1-3-23-11-13-24(14-12-23)21-25-15-19-28(20-16-25)29(26-7-5-4-6-8-26)27-17-9-22(2)10-18-27/h3-20H,1,21H2,2H3. The summed E-state index contributed by atoms with van der Waals surface area (Å²) in [5, 5.41) is 0. The molecule has 142 valence electrons. The van der Waals surface area contributed by atoms with E-state index < -0.39 is 0 Å². The van der Waals surface area contributed by atoms with Crippen LogP contribution in [0.15, 0.2) is 110 Å². The molecule has 0 aliphatic carbocycles. The fourth-order valence-corrected chi connectivity index (χ4v) is 3.49. The van der Waals surface area contributed by atoms with Crippen LogP contribution in [0.1, 0.15) is 22.3 Å². The summed E-state index contributed by atoms with van der Waals surface area (Å²) in [4.78, 5) is 2.29. The normalized spacial score (nSPS) is 10.5. The van der Waals surface area contributed by atoms with E-state index in [-0.39, 0.29) is 0 Å². The van der Waals surface area contributed by atoms with E-state index in [1.807, 2.05) is 6.08 Å². The monoisotopic (exact) mass is 375 g/mol. The third kappa shape index (κ3) is 4.47. The molecule has 0 spiro atoms. The zero-order valence-electron chi connectivity index (χ0n) is 16.8. The SMILES string of the molecule is C=Cc1ccc(Cc2ccc(N(c3ccccc3)c3ccc(C)cc3)cc2)cc1. The van der Waals surface area contributed by atoms with Crippen LogP contribution in [0.3, 0.4) is 0 Å². The first-order valence-corrected chi connectivity index (χ1v) is 9.95. The minimum atomic E-state index is 0.924. The maximum atomic E-state index is 3.82. The summed E-state index contributed by atoms with van der Waals surface area (Å²) in [7, 11) is 0. The first kappa shape index (κ1) is 18.8. The van der Waals surface area contributed by atoms with Gasteiger partial charge in [0.05, 0.1) is 0 Å². The smallest absolute Gasteiger partial charge is 0.0461 e. The average molecular weight is 376 g/mol. The van der Waals surface area contributed by atoms with Gasteiger partial charge < -0.3 is 4.90 Å². The van der Waals surface area contributed by atoms with Gasteiger partial charge in [-0.2, -0.15) is 0 Å². The van der Waals surface area contributed by atoms with E-state index in [0.29, 0.717) is 0 Å². The fraction of sp³-hybridized carbons (Fsp3) is 0.0714. The van der Waals surface area contributed by atoms with Crippen LogP contribution in [0.25, 0.3) is 6.08 Å². The summed E-state index contributed by atoms with van der Waals surface area (Å²) >= 11 is 0. The van der Waals surface area contributed by atoms with Gasteiger partial charge in [-0.25, -0.2) is 0 Å². The number of anilines is 3. The summed E-state index contributed by atoms with van der Waals surface area (Å²) in [6, 6.07) is 36.6. The van der Waals surface area contributed by atoms with Crippen molar-refractivity contribution in [2.75, 3.05) is 4.90 Å². The summed E-state index contributed by atoms with van der Waals surface area (Å²) in [6.45, 7) is 5.94. The molecule has 0 atom stereocenters. The van der Waals surface area contributed by atoms with Crippen molar-refractivity contribution in [3.8, 4) is 0 Å². The van der Waals surface area contributed by atoms with Crippen LogP contribution in [0, 0.1) is 6.92 Å². The van der Waals surface area contributed by atoms with Crippen molar-refractivity contribution in [1.29, 1.82) is 0 Å². The molecule has 0 aromatic heterocycles. The maximum absolute atomic E-state index is 3.82. The summed E-state index contributed by atoms with van der Waals surface area (Å²) in [5.74, 6) is 0. The molecule has 0 bridgehead atoms. The fourth-order valence-electron chi connectivity index (χ4n) is 3.49. The molecular weight excluding hydrogens is 350 g/mol. The van der Waals surface area contributed by atoms with Gasteiger partial charge in [-0.15, -0.1) is 0 Å². The Hall–Kier alpha value is -3.58. The van der Waals surface area contributed by atoms with Crippen molar-refractivity contribution >= 4 is 23.1 Å². The largest absolute Gasteiger partial charge is 0.311 e. The number of hydrogen-bond acceptors (Lipinski definition) is 1. The molecule has 0 heterocycles. The topological polar surface area (TPSA) is 3.24 Å². The zero-order valence-corrected chi connectivity index (χ0v) is 16.8. The Balaban J connectivity index is 1.62. The van der Waals surface area contributed by atoms with E-state index in [4.69, 9.17) is 0 Å². The molecule has 0 aliphatic rings.